The van der Waals surface area contributed by atoms with E-state index in [1.165, 1.54) is 59.4 Å². The molecule has 9 atom stereocenters. The zero-order valence-corrected chi connectivity index (χ0v) is 37.6. The first-order valence-electron chi connectivity index (χ1n) is 21.2. The fourth-order valence-electron chi connectivity index (χ4n) is 8.56. The Labute approximate surface area is 363 Å². The zero-order chi connectivity index (χ0) is 46.0. The number of esters is 1. The summed E-state index contributed by atoms with van der Waals surface area (Å²) in [6.45, 7) is 20.4. The zero-order valence-electron chi connectivity index (χ0n) is 37.6. The molecule has 62 heavy (non-hydrogen) atoms. The van der Waals surface area contributed by atoms with E-state index >= 15 is 0 Å². The number of aromatic hydroxyl groups is 3. The van der Waals surface area contributed by atoms with Gasteiger partial charge in [-0.1, -0.05) is 59.8 Å². The number of fused-ring (bicyclic) bond motifs is 14. The van der Waals surface area contributed by atoms with Crippen molar-refractivity contribution in [3.8, 4) is 23.0 Å². The van der Waals surface area contributed by atoms with Crippen LogP contribution in [-0.2, 0) is 23.8 Å². The van der Waals surface area contributed by atoms with Crippen molar-refractivity contribution in [1.29, 1.82) is 0 Å². The summed E-state index contributed by atoms with van der Waals surface area (Å²) >= 11 is 0. The van der Waals surface area contributed by atoms with Gasteiger partial charge in [-0.3, -0.25) is 24.3 Å². The standard InChI is InChI=1S/C46H64N4O12/c1-23(2)22-49-16-18-50(19-17-49)47-21-31-36-41(56)34-33(40(31)55)35-43(29(8)39(34)54)62-46(10,44(35)57)60-20-15-32(59-11)26(5)42(61-30(9)51)28(7)38(53)27(6)37(52)24(3)13-12-14-25(4)45(58)48-36/h12-15,20-21,23-24,26-28,32,37-38,42,52-56H,16-19,22H2,1-11H3,(H,48,58)/b13-12+,20-15+,25-14-,47-21+. The molecule has 5 bridgehead atoms. The van der Waals surface area contributed by atoms with Gasteiger partial charge >= 0.3 is 11.8 Å². The van der Waals surface area contributed by atoms with Crippen LogP contribution in [-0.4, -0.2) is 129 Å². The van der Waals surface area contributed by atoms with Crippen molar-refractivity contribution in [2.45, 2.75) is 99.4 Å². The van der Waals surface area contributed by atoms with E-state index in [0.29, 0.717) is 19.0 Å². The molecule has 0 saturated carbocycles. The third-order valence-corrected chi connectivity index (χ3v) is 12.4. The Kier molecular flexibility index (Phi) is 15.0. The lowest BCUT2D eigenvalue weighted by Gasteiger charge is -2.38. The SMILES string of the molecule is COC1/C=C/OC2(C)Oc3c(C)c(O)c4c(O)c(c(/C=N/N5CCN(CC(C)C)CC5)c(O)c4c3C2=O)NC(=O)/C(C)=C\C=C\C(C)C(O)C(C)C(O)C(C)C(OC(C)=O)C1C. The van der Waals surface area contributed by atoms with Crippen molar-refractivity contribution in [2.24, 2.45) is 34.7 Å². The second kappa shape index (κ2) is 19.5. The smallest absolute Gasteiger partial charge is 0.312 e. The number of nitrogens with one attached hydrogen (secondary N) is 1. The highest BCUT2D eigenvalue weighted by Crippen LogP contribution is 2.55. The quantitative estimate of drug-likeness (QED) is 0.0933. The molecule has 2 aromatic rings. The number of carbonyl (C=O) groups is 3. The Bertz CT molecular complexity index is 2140. The van der Waals surface area contributed by atoms with Gasteiger partial charge in [-0.05, 0) is 25.8 Å². The number of allylic oxidation sites excluding steroid dienone is 2. The summed E-state index contributed by atoms with van der Waals surface area (Å²) in [6.07, 6.45) is 4.90. The van der Waals surface area contributed by atoms with Crippen molar-refractivity contribution >= 4 is 40.3 Å². The van der Waals surface area contributed by atoms with E-state index in [1.54, 1.807) is 44.9 Å². The number of phenols is 3. The fourth-order valence-corrected chi connectivity index (χ4v) is 8.56. The van der Waals surface area contributed by atoms with Crippen molar-refractivity contribution < 1.29 is 58.9 Å². The van der Waals surface area contributed by atoms with E-state index in [0.717, 1.165) is 19.6 Å². The minimum atomic E-state index is -2.05. The van der Waals surface area contributed by atoms with E-state index < -0.39 is 88.8 Å². The molecule has 16 heteroatoms. The minimum Gasteiger partial charge on any atom is -0.507 e. The number of anilines is 1. The first kappa shape index (κ1) is 47.9. The van der Waals surface area contributed by atoms with Gasteiger partial charge in [-0.25, -0.2) is 0 Å². The molecule has 9 unspecified atom stereocenters. The number of carbonyl (C=O) groups excluding carboxylic acids is 3. The summed E-state index contributed by atoms with van der Waals surface area (Å²) in [4.78, 5) is 43.0. The molecule has 1 saturated heterocycles. The van der Waals surface area contributed by atoms with Crippen LogP contribution in [0.3, 0.4) is 0 Å². The minimum absolute atomic E-state index is 0.0576. The van der Waals surface area contributed by atoms with Crippen molar-refractivity contribution in [1.82, 2.24) is 9.91 Å². The number of rotatable bonds is 6. The van der Waals surface area contributed by atoms with E-state index in [4.69, 9.17) is 18.9 Å². The van der Waals surface area contributed by atoms with Gasteiger partial charge in [0, 0.05) is 93.9 Å². The number of hydrogen-bond acceptors (Lipinski definition) is 15. The highest BCUT2D eigenvalue weighted by molar-refractivity contribution is 6.23. The van der Waals surface area contributed by atoms with Crippen LogP contribution in [0.2, 0.25) is 0 Å². The van der Waals surface area contributed by atoms with Crippen LogP contribution in [0.4, 0.5) is 5.69 Å². The predicted molar refractivity (Wildman–Crippen MR) is 234 cm³/mol. The van der Waals surface area contributed by atoms with Gasteiger partial charge in [0.2, 0.25) is 0 Å². The summed E-state index contributed by atoms with van der Waals surface area (Å²) < 4.78 is 23.7. The molecule has 340 valence electrons. The summed E-state index contributed by atoms with van der Waals surface area (Å²) in [5, 5.41) is 67.3. The monoisotopic (exact) mass is 864 g/mol. The molecule has 0 radical (unpaired) electrons. The van der Waals surface area contributed by atoms with Crippen molar-refractivity contribution in [3.05, 3.63) is 52.8 Å². The molecule has 2 aromatic carbocycles. The number of benzene rings is 2. The molecule has 1 amide bonds. The average molecular weight is 865 g/mol. The first-order chi connectivity index (χ1) is 29.1. The summed E-state index contributed by atoms with van der Waals surface area (Å²) in [7, 11) is 1.44. The van der Waals surface area contributed by atoms with Gasteiger partial charge in [0.05, 0.1) is 53.0 Å². The number of piperazine rings is 1. The van der Waals surface area contributed by atoms with E-state index in [-0.39, 0.29) is 44.5 Å². The second-order valence-corrected chi connectivity index (χ2v) is 17.5. The Balaban J connectivity index is 1.68. The first-order valence-corrected chi connectivity index (χ1v) is 21.2. The van der Waals surface area contributed by atoms with Gasteiger partial charge in [0.15, 0.2) is 5.75 Å². The maximum atomic E-state index is 14.5. The number of aliphatic hydroxyl groups excluding tert-OH is 2. The molecule has 4 heterocycles. The molecule has 16 nitrogen and oxygen atoms in total. The second-order valence-electron chi connectivity index (χ2n) is 17.5. The predicted octanol–water partition coefficient (Wildman–Crippen LogP) is 5.36. The van der Waals surface area contributed by atoms with E-state index in [9.17, 15) is 39.9 Å². The van der Waals surface area contributed by atoms with Crippen LogP contribution in [0, 0.1) is 36.5 Å². The number of hydrazone groups is 1. The van der Waals surface area contributed by atoms with Crippen LogP contribution in [0.15, 0.2) is 41.2 Å². The number of methoxy groups -OCH3 is 1. The number of phenolic OH excluding ortho intramolecular Hbond substituents is 3. The topological polar surface area (TPSA) is 220 Å². The molecule has 6 rings (SSSR count). The number of Topliss-reactive ketones (excluding diaryl/α,β-unsaturated/α-hetero) is 1. The van der Waals surface area contributed by atoms with Gasteiger partial charge in [-0.15, -0.1) is 0 Å². The van der Waals surface area contributed by atoms with Gasteiger partial charge in [0.25, 0.3) is 11.7 Å². The number of ether oxygens (including phenoxy) is 4. The number of nitrogens with zero attached hydrogens (tertiary/aromatic N) is 3. The molecular formula is C46H64N4O12. The molecular weight excluding hydrogens is 801 g/mol. The van der Waals surface area contributed by atoms with Crippen LogP contribution < -0.4 is 10.1 Å². The molecule has 0 aromatic heterocycles. The van der Waals surface area contributed by atoms with Crippen LogP contribution >= 0.6 is 0 Å². The Morgan fingerprint density at radius 2 is 1.63 bits per heavy atom. The Hall–Kier alpha value is -5.16. The lowest BCUT2D eigenvalue weighted by molar-refractivity contribution is -0.160. The Morgan fingerprint density at radius 1 is 0.968 bits per heavy atom. The van der Waals surface area contributed by atoms with Gasteiger partial charge in [0.1, 0.15) is 23.4 Å². The highest BCUT2D eigenvalue weighted by Gasteiger charge is 2.50. The van der Waals surface area contributed by atoms with Crippen LogP contribution in [0.1, 0.15) is 83.8 Å². The van der Waals surface area contributed by atoms with Crippen molar-refractivity contribution in [3.63, 3.8) is 0 Å². The normalized spacial score (nSPS) is 31.2. The Morgan fingerprint density at radius 3 is 2.24 bits per heavy atom. The third-order valence-electron chi connectivity index (χ3n) is 12.4. The summed E-state index contributed by atoms with van der Waals surface area (Å²) in [5.74, 6) is -7.85. The molecule has 4 aliphatic rings. The van der Waals surface area contributed by atoms with Crippen LogP contribution in [0.5, 0.6) is 23.0 Å². The number of ketones is 1. The molecule has 0 spiro atoms. The third kappa shape index (κ3) is 9.73. The fraction of sp³-hybridized carbons (Fsp3) is 0.565. The largest absolute Gasteiger partial charge is 0.507 e. The lowest BCUT2D eigenvalue weighted by Crippen LogP contribution is -2.46. The molecule has 4 aliphatic heterocycles. The molecule has 6 N–H and O–H groups in total. The lowest BCUT2D eigenvalue weighted by atomic mass is 9.78. The summed E-state index contributed by atoms with van der Waals surface area (Å²) in [5.41, 5.74) is -0.335. The van der Waals surface area contributed by atoms with Crippen molar-refractivity contribution in [2.75, 3.05) is 45.2 Å². The van der Waals surface area contributed by atoms with E-state index in [2.05, 4.69) is 29.2 Å². The summed E-state index contributed by atoms with van der Waals surface area (Å²) in [6, 6.07) is 0. The average Bonchev–Trinajstić information content (AvgIpc) is 3.49. The maximum Gasteiger partial charge on any atom is 0.312 e. The molecule has 1 fully saturated rings. The number of aliphatic hydroxyl groups is 2. The number of amides is 1. The maximum absolute atomic E-state index is 14.5. The van der Waals surface area contributed by atoms with E-state index in [1.807, 2.05) is 0 Å². The molecule has 0 aliphatic carbocycles. The van der Waals surface area contributed by atoms with Gasteiger partial charge in [-0.2, -0.15) is 5.10 Å². The number of hydrogen-bond donors (Lipinski definition) is 6. The highest BCUT2D eigenvalue weighted by atomic mass is 16.7. The van der Waals surface area contributed by atoms with Gasteiger partial charge < -0.3 is 49.8 Å². The van der Waals surface area contributed by atoms with Crippen LogP contribution in [0.25, 0.3) is 10.8 Å².